The summed E-state index contributed by atoms with van der Waals surface area (Å²) in [5.41, 5.74) is -1.23. The van der Waals surface area contributed by atoms with Crippen molar-refractivity contribution in [3.05, 3.63) is 51.8 Å². The Kier molecular flexibility index (Phi) is 6.57. The first-order chi connectivity index (χ1) is 15.2. The van der Waals surface area contributed by atoms with Crippen LogP contribution < -0.4 is 5.32 Å². The van der Waals surface area contributed by atoms with E-state index in [0.717, 1.165) is 19.2 Å². The Morgan fingerprint density at radius 3 is 2.50 bits per heavy atom. The molecule has 0 unspecified atom stereocenters. The van der Waals surface area contributed by atoms with Crippen LogP contribution >= 0.6 is 23.2 Å². The van der Waals surface area contributed by atoms with E-state index in [0.29, 0.717) is 41.4 Å². The lowest BCUT2D eigenvalue weighted by Crippen LogP contribution is -2.41. The van der Waals surface area contributed by atoms with E-state index in [-0.39, 0.29) is 22.1 Å². The van der Waals surface area contributed by atoms with E-state index in [2.05, 4.69) is 20.3 Å². The van der Waals surface area contributed by atoms with Crippen molar-refractivity contribution in [1.29, 1.82) is 0 Å². The number of rotatable bonds is 5. The number of fused-ring (bicyclic) bond motifs is 1. The molecule has 0 spiro atoms. The summed E-state index contributed by atoms with van der Waals surface area (Å²) in [4.78, 5) is 18.9. The lowest BCUT2D eigenvalue weighted by atomic mass is 10.1. The summed E-state index contributed by atoms with van der Waals surface area (Å²) in [6.07, 6.45) is -4.75. The molecule has 1 saturated heterocycles. The van der Waals surface area contributed by atoms with Crippen LogP contribution in [0.25, 0.3) is 16.9 Å². The Bertz CT molecular complexity index is 1130. The summed E-state index contributed by atoms with van der Waals surface area (Å²) in [5.74, 6) is -0.671. The van der Waals surface area contributed by atoms with E-state index in [4.69, 9.17) is 27.9 Å². The third-order valence-corrected chi connectivity index (χ3v) is 5.60. The van der Waals surface area contributed by atoms with Crippen molar-refractivity contribution in [3.8, 4) is 11.3 Å². The molecular formula is C20H18Cl2F3N5O2. The molecule has 3 heterocycles. The number of aromatic nitrogens is 3. The van der Waals surface area contributed by atoms with Gasteiger partial charge in [0.05, 0.1) is 18.9 Å². The van der Waals surface area contributed by atoms with Crippen LogP contribution in [-0.4, -0.2) is 64.8 Å². The molecule has 1 N–H and O–H groups in total. The zero-order chi connectivity index (χ0) is 22.9. The number of amides is 1. The first-order valence-electron chi connectivity index (χ1n) is 9.75. The molecule has 0 radical (unpaired) electrons. The van der Waals surface area contributed by atoms with Crippen molar-refractivity contribution in [1.82, 2.24) is 24.8 Å². The standard InChI is InChI=1S/C20H18Cl2F3N5O2/c21-13-3-1-12(2-4-13)14-11-15(20(23,24)25)30-18(27-14)16(22)17(28-30)19(31)26-5-6-29-7-9-32-10-8-29/h1-4,11H,5-10H2,(H,26,31). The van der Waals surface area contributed by atoms with Crippen LogP contribution in [0.3, 0.4) is 0 Å². The second-order valence-corrected chi connectivity index (χ2v) is 7.95. The number of nitrogens with one attached hydrogen (secondary N) is 1. The van der Waals surface area contributed by atoms with Gasteiger partial charge in [-0.1, -0.05) is 35.3 Å². The molecule has 0 bridgehead atoms. The Hall–Kier alpha value is -2.40. The van der Waals surface area contributed by atoms with Crippen LogP contribution in [0.1, 0.15) is 16.2 Å². The van der Waals surface area contributed by atoms with Gasteiger partial charge in [-0.3, -0.25) is 9.69 Å². The second kappa shape index (κ2) is 9.22. The van der Waals surface area contributed by atoms with Crippen molar-refractivity contribution >= 4 is 34.8 Å². The fraction of sp³-hybridized carbons (Fsp3) is 0.350. The van der Waals surface area contributed by atoms with Crippen LogP contribution in [0.15, 0.2) is 30.3 Å². The topological polar surface area (TPSA) is 71.8 Å². The third-order valence-electron chi connectivity index (χ3n) is 5.00. The quantitative estimate of drug-likeness (QED) is 0.592. The summed E-state index contributed by atoms with van der Waals surface area (Å²) >= 11 is 12.1. The molecule has 4 rings (SSSR count). The highest BCUT2D eigenvalue weighted by atomic mass is 35.5. The molecular weight excluding hydrogens is 470 g/mol. The van der Waals surface area contributed by atoms with Gasteiger partial charge in [0, 0.05) is 36.8 Å². The summed E-state index contributed by atoms with van der Waals surface area (Å²) in [6.45, 7) is 3.60. The Morgan fingerprint density at radius 1 is 1.16 bits per heavy atom. The highest BCUT2D eigenvalue weighted by molar-refractivity contribution is 6.36. The first kappa shape index (κ1) is 22.8. The number of halogens is 5. The van der Waals surface area contributed by atoms with Crippen LogP contribution in [0.5, 0.6) is 0 Å². The number of morpholine rings is 1. The summed E-state index contributed by atoms with van der Waals surface area (Å²) in [5, 5.41) is 6.66. The van der Waals surface area contributed by atoms with Crippen molar-refractivity contribution in [2.24, 2.45) is 0 Å². The van der Waals surface area contributed by atoms with Gasteiger partial charge in [-0.25, -0.2) is 9.50 Å². The van der Waals surface area contributed by atoms with E-state index < -0.39 is 17.8 Å². The number of carbonyl (C=O) groups excluding carboxylic acids is 1. The van der Waals surface area contributed by atoms with Gasteiger partial charge in [0.2, 0.25) is 0 Å². The van der Waals surface area contributed by atoms with E-state index in [1.807, 2.05) is 0 Å². The summed E-state index contributed by atoms with van der Waals surface area (Å²) < 4.78 is 47.1. The molecule has 0 atom stereocenters. The van der Waals surface area contributed by atoms with Crippen molar-refractivity contribution in [2.75, 3.05) is 39.4 Å². The van der Waals surface area contributed by atoms with Crippen molar-refractivity contribution in [2.45, 2.75) is 6.18 Å². The SMILES string of the molecule is O=C(NCCN1CCOCC1)c1nn2c(C(F)(F)F)cc(-c3ccc(Cl)cc3)nc2c1Cl. The van der Waals surface area contributed by atoms with Crippen LogP contribution in [0, 0.1) is 0 Å². The molecule has 170 valence electrons. The molecule has 1 aliphatic heterocycles. The zero-order valence-corrected chi connectivity index (χ0v) is 18.1. The normalized spacial score (nSPS) is 15.3. The molecule has 3 aromatic rings. The van der Waals surface area contributed by atoms with E-state index >= 15 is 0 Å². The van der Waals surface area contributed by atoms with Gasteiger partial charge in [0.1, 0.15) is 5.02 Å². The number of hydrogen-bond acceptors (Lipinski definition) is 5. The number of hydrogen-bond donors (Lipinski definition) is 1. The average Bonchev–Trinajstić information content (AvgIpc) is 3.10. The molecule has 0 aliphatic carbocycles. The van der Waals surface area contributed by atoms with Gasteiger partial charge in [0.15, 0.2) is 17.0 Å². The Morgan fingerprint density at radius 2 is 1.84 bits per heavy atom. The maximum absolute atomic E-state index is 13.8. The maximum Gasteiger partial charge on any atom is 0.433 e. The van der Waals surface area contributed by atoms with Gasteiger partial charge in [0.25, 0.3) is 5.91 Å². The Labute approximate surface area is 191 Å². The molecule has 1 aromatic carbocycles. The number of carbonyl (C=O) groups is 1. The van der Waals surface area contributed by atoms with E-state index in [1.54, 1.807) is 24.3 Å². The van der Waals surface area contributed by atoms with Crippen molar-refractivity contribution < 1.29 is 22.7 Å². The summed E-state index contributed by atoms with van der Waals surface area (Å²) in [6, 6.07) is 7.04. The summed E-state index contributed by atoms with van der Waals surface area (Å²) in [7, 11) is 0. The van der Waals surface area contributed by atoms with Crippen LogP contribution in [-0.2, 0) is 10.9 Å². The maximum atomic E-state index is 13.8. The first-order valence-corrected chi connectivity index (χ1v) is 10.5. The smallest absolute Gasteiger partial charge is 0.379 e. The Balaban J connectivity index is 1.65. The number of nitrogens with zero attached hydrogens (tertiary/aromatic N) is 4. The predicted octanol–water partition coefficient (Wildman–Crippen LogP) is 3.78. The van der Waals surface area contributed by atoms with Gasteiger partial charge in [-0.15, -0.1) is 0 Å². The molecule has 1 aliphatic rings. The fourth-order valence-electron chi connectivity index (χ4n) is 3.34. The number of alkyl halides is 3. The van der Waals surface area contributed by atoms with Crippen molar-refractivity contribution in [3.63, 3.8) is 0 Å². The van der Waals surface area contributed by atoms with Gasteiger partial charge >= 0.3 is 6.18 Å². The monoisotopic (exact) mass is 487 g/mol. The van der Waals surface area contributed by atoms with E-state index in [1.165, 1.54) is 0 Å². The molecule has 1 fully saturated rings. The molecule has 2 aromatic heterocycles. The largest absolute Gasteiger partial charge is 0.433 e. The highest BCUT2D eigenvalue weighted by Gasteiger charge is 2.36. The third kappa shape index (κ3) is 4.83. The molecule has 0 saturated carbocycles. The van der Waals surface area contributed by atoms with Gasteiger partial charge in [-0.05, 0) is 18.2 Å². The predicted molar refractivity (Wildman–Crippen MR) is 113 cm³/mol. The average molecular weight is 488 g/mol. The minimum Gasteiger partial charge on any atom is -0.379 e. The lowest BCUT2D eigenvalue weighted by Gasteiger charge is -2.26. The van der Waals surface area contributed by atoms with Crippen LogP contribution in [0.4, 0.5) is 13.2 Å². The molecule has 32 heavy (non-hydrogen) atoms. The molecule has 7 nitrogen and oxygen atoms in total. The molecule has 1 amide bonds. The highest BCUT2D eigenvalue weighted by Crippen LogP contribution is 2.34. The van der Waals surface area contributed by atoms with Crippen LogP contribution in [0.2, 0.25) is 10.0 Å². The number of ether oxygens (including phenoxy) is 1. The van der Waals surface area contributed by atoms with Gasteiger partial charge < -0.3 is 10.1 Å². The van der Waals surface area contributed by atoms with Gasteiger partial charge in [-0.2, -0.15) is 18.3 Å². The van der Waals surface area contributed by atoms with E-state index in [9.17, 15) is 18.0 Å². The zero-order valence-electron chi connectivity index (χ0n) is 16.6. The fourth-order valence-corrected chi connectivity index (χ4v) is 3.72. The second-order valence-electron chi connectivity index (χ2n) is 7.14. The minimum absolute atomic E-state index is 0.0302. The minimum atomic E-state index is -4.75. The lowest BCUT2D eigenvalue weighted by molar-refractivity contribution is -0.142. The number of benzene rings is 1. The molecule has 12 heteroatoms.